The third-order valence-corrected chi connectivity index (χ3v) is 7.13. The second-order valence-corrected chi connectivity index (χ2v) is 8.03. The Hall–Kier alpha value is 0.01000. The molecule has 0 aliphatic carbocycles. The summed E-state index contributed by atoms with van der Waals surface area (Å²) in [6, 6.07) is 1.71. The molecule has 8 heteroatoms. The van der Waals surface area contributed by atoms with Crippen LogP contribution in [0.1, 0.15) is 6.92 Å². The van der Waals surface area contributed by atoms with Crippen molar-refractivity contribution in [2.24, 2.45) is 0 Å². The van der Waals surface area contributed by atoms with Gasteiger partial charge in [0.1, 0.15) is 4.21 Å². The van der Waals surface area contributed by atoms with E-state index in [1.807, 2.05) is 0 Å². The minimum atomic E-state index is -3.51. The molecule has 0 spiro atoms. The lowest BCUT2D eigenvalue weighted by Crippen LogP contribution is -2.50. The zero-order valence-electron chi connectivity index (χ0n) is 9.74. The van der Waals surface area contributed by atoms with Gasteiger partial charge in [0.25, 0.3) is 10.0 Å². The number of aliphatic hydroxyl groups excluding tert-OH is 1. The number of ether oxygens (including phenoxy) is 1. The van der Waals surface area contributed by atoms with Crippen molar-refractivity contribution in [1.82, 2.24) is 4.31 Å². The molecule has 1 fully saturated rings. The third kappa shape index (κ3) is 2.78. The fourth-order valence-electron chi connectivity index (χ4n) is 1.88. The van der Waals surface area contributed by atoms with Crippen molar-refractivity contribution in [1.29, 1.82) is 0 Å². The smallest absolute Gasteiger partial charge is 0.253 e. The van der Waals surface area contributed by atoms with Gasteiger partial charge in [-0.2, -0.15) is 4.31 Å². The molecule has 2 atom stereocenters. The molecule has 0 aromatic carbocycles. The Balaban J connectivity index is 2.28. The van der Waals surface area contributed by atoms with Crippen LogP contribution in [0.3, 0.4) is 0 Å². The monoisotopic (exact) mass is 355 g/mol. The number of rotatable bonds is 3. The summed E-state index contributed by atoms with van der Waals surface area (Å²) < 4.78 is 32.6. The molecule has 18 heavy (non-hydrogen) atoms. The number of thiophene rings is 1. The van der Waals surface area contributed by atoms with Gasteiger partial charge < -0.3 is 9.84 Å². The molecule has 0 saturated carbocycles. The molecule has 0 radical (unpaired) electrons. The fraction of sp³-hybridized carbons (Fsp3) is 0.600. The van der Waals surface area contributed by atoms with Crippen LogP contribution in [0, 0.1) is 0 Å². The lowest BCUT2D eigenvalue weighted by molar-refractivity contribution is -0.0750. The molecule has 1 aromatic heterocycles. The number of aliphatic hydroxyl groups is 1. The lowest BCUT2D eigenvalue weighted by atomic mass is 10.2. The summed E-state index contributed by atoms with van der Waals surface area (Å²) in [7, 11) is -3.51. The molecule has 0 bridgehead atoms. The summed E-state index contributed by atoms with van der Waals surface area (Å²) >= 11 is 4.42. The van der Waals surface area contributed by atoms with E-state index in [-0.39, 0.29) is 19.3 Å². The quantitative estimate of drug-likeness (QED) is 0.886. The van der Waals surface area contributed by atoms with Gasteiger partial charge in [-0.25, -0.2) is 8.42 Å². The highest BCUT2D eigenvalue weighted by molar-refractivity contribution is 9.10. The predicted molar refractivity (Wildman–Crippen MR) is 72.2 cm³/mol. The number of halogens is 1. The van der Waals surface area contributed by atoms with E-state index < -0.39 is 16.1 Å². The molecular formula is C10H14BrNO4S2. The van der Waals surface area contributed by atoms with Gasteiger partial charge in [-0.15, -0.1) is 11.3 Å². The Morgan fingerprint density at radius 2 is 2.33 bits per heavy atom. The largest absolute Gasteiger partial charge is 0.394 e. The van der Waals surface area contributed by atoms with E-state index >= 15 is 0 Å². The van der Waals surface area contributed by atoms with Gasteiger partial charge in [-0.1, -0.05) is 0 Å². The fourth-order valence-corrected chi connectivity index (χ4v) is 5.88. The zero-order chi connectivity index (χ0) is 13.3. The first-order valence-electron chi connectivity index (χ1n) is 5.44. The number of sulfonamides is 1. The summed E-state index contributed by atoms with van der Waals surface area (Å²) in [5, 5.41) is 10.9. The Bertz CT molecular complexity index is 516. The molecule has 0 amide bonds. The van der Waals surface area contributed by atoms with Gasteiger partial charge in [-0.05, 0) is 34.3 Å². The minimum absolute atomic E-state index is 0.179. The van der Waals surface area contributed by atoms with Gasteiger partial charge in [0.15, 0.2) is 0 Å². The van der Waals surface area contributed by atoms with Crippen LogP contribution in [0.4, 0.5) is 0 Å². The van der Waals surface area contributed by atoms with Gasteiger partial charge >= 0.3 is 0 Å². The highest BCUT2D eigenvalue weighted by atomic mass is 79.9. The average molecular weight is 356 g/mol. The second-order valence-electron chi connectivity index (χ2n) is 4.13. The highest BCUT2D eigenvalue weighted by Crippen LogP contribution is 2.31. The van der Waals surface area contributed by atoms with Crippen molar-refractivity contribution in [2.75, 3.05) is 19.7 Å². The molecule has 1 aliphatic heterocycles. The van der Waals surface area contributed by atoms with E-state index in [0.717, 1.165) is 0 Å². The van der Waals surface area contributed by atoms with Crippen LogP contribution in [0.5, 0.6) is 0 Å². The molecule has 1 N–H and O–H groups in total. The van der Waals surface area contributed by atoms with Gasteiger partial charge in [0.05, 0.1) is 18.8 Å². The minimum Gasteiger partial charge on any atom is -0.394 e. The van der Waals surface area contributed by atoms with Crippen molar-refractivity contribution >= 4 is 37.3 Å². The van der Waals surface area contributed by atoms with Crippen LogP contribution in [0.15, 0.2) is 20.1 Å². The number of hydrogen-bond donors (Lipinski definition) is 1. The Morgan fingerprint density at radius 1 is 1.61 bits per heavy atom. The van der Waals surface area contributed by atoms with Crippen molar-refractivity contribution < 1.29 is 18.3 Å². The highest BCUT2D eigenvalue weighted by Gasteiger charge is 2.35. The van der Waals surface area contributed by atoms with E-state index in [0.29, 0.717) is 15.2 Å². The van der Waals surface area contributed by atoms with E-state index in [9.17, 15) is 8.42 Å². The predicted octanol–water partition coefficient (Wildman–Crippen LogP) is 1.28. The van der Waals surface area contributed by atoms with E-state index in [1.54, 1.807) is 18.4 Å². The Morgan fingerprint density at radius 3 is 2.89 bits per heavy atom. The molecule has 1 saturated heterocycles. The number of nitrogens with zero attached hydrogens (tertiary/aromatic N) is 1. The third-order valence-electron chi connectivity index (χ3n) is 2.66. The van der Waals surface area contributed by atoms with Crippen molar-refractivity contribution in [2.45, 2.75) is 23.3 Å². The van der Waals surface area contributed by atoms with Gasteiger partial charge in [0.2, 0.25) is 0 Å². The van der Waals surface area contributed by atoms with Crippen LogP contribution in [0.2, 0.25) is 0 Å². The summed E-state index contributed by atoms with van der Waals surface area (Å²) in [6.07, 6.45) is -0.674. The maximum Gasteiger partial charge on any atom is 0.253 e. The first-order valence-corrected chi connectivity index (χ1v) is 8.56. The van der Waals surface area contributed by atoms with Crippen LogP contribution < -0.4 is 0 Å². The number of hydrogen-bond acceptors (Lipinski definition) is 5. The molecule has 5 nitrogen and oxygen atoms in total. The topological polar surface area (TPSA) is 66.8 Å². The summed E-state index contributed by atoms with van der Waals surface area (Å²) in [6.45, 7) is 2.12. The average Bonchev–Trinajstić information content (AvgIpc) is 2.75. The number of morpholine rings is 1. The van der Waals surface area contributed by atoms with Gasteiger partial charge in [0, 0.05) is 17.6 Å². The molecule has 2 rings (SSSR count). The van der Waals surface area contributed by atoms with Crippen molar-refractivity contribution in [3.63, 3.8) is 0 Å². The van der Waals surface area contributed by atoms with Crippen molar-refractivity contribution in [3.8, 4) is 0 Å². The maximum atomic E-state index is 12.4. The Labute approximate surface area is 119 Å². The summed E-state index contributed by atoms with van der Waals surface area (Å²) in [5.74, 6) is 0. The van der Waals surface area contributed by atoms with Crippen LogP contribution in [-0.2, 0) is 14.8 Å². The normalized spacial score (nSPS) is 26.4. The van der Waals surface area contributed by atoms with Crippen LogP contribution in [0.25, 0.3) is 0 Å². The molecule has 2 unspecified atom stereocenters. The zero-order valence-corrected chi connectivity index (χ0v) is 13.0. The molecule has 2 heterocycles. The van der Waals surface area contributed by atoms with E-state index in [1.165, 1.54) is 15.6 Å². The Kier molecular flexibility index (Phi) is 4.45. The van der Waals surface area contributed by atoms with Gasteiger partial charge in [-0.3, -0.25) is 0 Å². The SMILES string of the molecule is CC1CN(S(=O)(=O)c2sccc2Br)CC(CO)O1. The van der Waals surface area contributed by atoms with Crippen LogP contribution in [-0.4, -0.2) is 49.7 Å². The van der Waals surface area contributed by atoms with E-state index in [2.05, 4.69) is 15.9 Å². The van der Waals surface area contributed by atoms with Crippen molar-refractivity contribution in [3.05, 3.63) is 15.9 Å². The summed E-state index contributed by atoms with van der Waals surface area (Å²) in [5.41, 5.74) is 0. The van der Waals surface area contributed by atoms with Crippen LogP contribution >= 0.6 is 27.3 Å². The van der Waals surface area contributed by atoms with E-state index in [4.69, 9.17) is 9.84 Å². The summed E-state index contributed by atoms with van der Waals surface area (Å²) in [4.78, 5) is 0. The lowest BCUT2D eigenvalue weighted by Gasteiger charge is -2.34. The second kappa shape index (κ2) is 5.56. The molecular weight excluding hydrogens is 342 g/mol. The molecule has 102 valence electrons. The molecule has 1 aliphatic rings. The first-order chi connectivity index (χ1) is 8.45. The first kappa shape index (κ1) is 14.4. The molecule has 1 aromatic rings. The standard InChI is InChI=1S/C10H14BrNO4S2/c1-7-4-12(5-8(6-13)16-7)18(14,15)10-9(11)2-3-17-10/h2-3,7-8,13H,4-6H2,1H3. The maximum absolute atomic E-state index is 12.4.